The standard InChI is InChI=1S/C23H20ClN3O/c1-15-3-8-18(9-4-15)21-22(27-14-16(2)5-12-20(27)26-21)23(28)25-13-17-6-10-19(24)11-7-17/h3-12,14H,13H2,1-2H3,(H,25,28). The van der Waals surface area contributed by atoms with Crippen molar-refractivity contribution in [3.63, 3.8) is 0 Å². The minimum absolute atomic E-state index is 0.163. The quantitative estimate of drug-likeness (QED) is 0.521. The highest BCUT2D eigenvalue weighted by Crippen LogP contribution is 2.25. The van der Waals surface area contributed by atoms with Gasteiger partial charge in [-0.15, -0.1) is 0 Å². The predicted octanol–water partition coefficient (Wildman–Crippen LogP) is 5.20. The number of fused-ring (bicyclic) bond motifs is 1. The normalized spacial score (nSPS) is 11.0. The van der Waals surface area contributed by atoms with Crippen molar-refractivity contribution in [3.8, 4) is 11.3 Å². The van der Waals surface area contributed by atoms with Gasteiger partial charge in [-0.2, -0.15) is 0 Å². The number of hydrogen-bond acceptors (Lipinski definition) is 2. The van der Waals surface area contributed by atoms with Gasteiger partial charge in [-0.1, -0.05) is 59.6 Å². The van der Waals surface area contributed by atoms with Gasteiger partial charge in [-0.3, -0.25) is 9.20 Å². The maximum Gasteiger partial charge on any atom is 0.270 e. The van der Waals surface area contributed by atoms with Crippen LogP contribution in [-0.2, 0) is 6.54 Å². The van der Waals surface area contributed by atoms with E-state index in [1.807, 2.05) is 85.1 Å². The Hall–Kier alpha value is -3.11. The van der Waals surface area contributed by atoms with Crippen LogP contribution in [0.25, 0.3) is 16.9 Å². The number of nitrogens with one attached hydrogen (secondary N) is 1. The molecule has 2 aromatic heterocycles. The van der Waals surface area contributed by atoms with Crippen LogP contribution in [0.2, 0.25) is 5.02 Å². The number of rotatable bonds is 4. The Balaban J connectivity index is 1.73. The summed E-state index contributed by atoms with van der Waals surface area (Å²) in [5, 5.41) is 3.69. The number of halogens is 1. The summed E-state index contributed by atoms with van der Waals surface area (Å²) in [7, 11) is 0. The molecule has 1 amide bonds. The fourth-order valence-electron chi connectivity index (χ4n) is 3.15. The third-order valence-electron chi connectivity index (χ3n) is 4.67. The lowest BCUT2D eigenvalue weighted by molar-refractivity contribution is 0.0945. The molecule has 2 aromatic carbocycles. The Morgan fingerprint density at radius 1 is 0.964 bits per heavy atom. The number of aromatic nitrogens is 2. The van der Waals surface area contributed by atoms with E-state index in [0.717, 1.165) is 27.9 Å². The summed E-state index contributed by atoms with van der Waals surface area (Å²) < 4.78 is 1.86. The molecular formula is C23H20ClN3O. The van der Waals surface area contributed by atoms with E-state index < -0.39 is 0 Å². The van der Waals surface area contributed by atoms with E-state index in [-0.39, 0.29) is 5.91 Å². The van der Waals surface area contributed by atoms with E-state index in [1.54, 1.807) is 0 Å². The highest BCUT2D eigenvalue weighted by atomic mass is 35.5. The second-order valence-corrected chi connectivity index (χ2v) is 7.36. The molecule has 0 spiro atoms. The first kappa shape index (κ1) is 18.3. The molecule has 4 aromatic rings. The van der Waals surface area contributed by atoms with Crippen molar-refractivity contribution in [2.45, 2.75) is 20.4 Å². The summed E-state index contributed by atoms with van der Waals surface area (Å²) in [6.45, 7) is 4.46. The molecule has 2 heterocycles. The van der Waals surface area contributed by atoms with Gasteiger partial charge in [0.2, 0.25) is 0 Å². The van der Waals surface area contributed by atoms with E-state index in [4.69, 9.17) is 16.6 Å². The van der Waals surface area contributed by atoms with E-state index in [0.29, 0.717) is 23.0 Å². The number of hydrogen-bond donors (Lipinski definition) is 1. The fraction of sp³-hybridized carbons (Fsp3) is 0.130. The van der Waals surface area contributed by atoms with Crippen LogP contribution in [0, 0.1) is 13.8 Å². The molecule has 0 saturated heterocycles. The molecule has 0 bridgehead atoms. The average Bonchev–Trinajstić information content (AvgIpc) is 3.06. The Kier molecular flexibility index (Phi) is 4.88. The third kappa shape index (κ3) is 3.64. The lowest BCUT2D eigenvalue weighted by Crippen LogP contribution is -2.24. The van der Waals surface area contributed by atoms with Gasteiger partial charge < -0.3 is 5.32 Å². The summed E-state index contributed by atoms with van der Waals surface area (Å²) in [4.78, 5) is 17.9. The molecule has 1 N–H and O–H groups in total. The summed E-state index contributed by atoms with van der Waals surface area (Å²) in [5.41, 5.74) is 6.10. The molecule has 0 aliphatic heterocycles. The summed E-state index contributed by atoms with van der Waals surface area (Å²) in [6, 6.07) is 19.4. The van der Waals surface area contributed by atoms with Crippen LogP contribution in [-0.4, -0.2) is 15.3 Å². The fourth-order valence-corrected chi connectivity index (χ4v) is 3.27. The first-order valence-electron chi connectivity index (χ1n) is 9.09. The predicted molar refractivity (Wildman–Crippen MR) is 113 cm³/mol. The van der Waals surface area contributed by atoms with Gasteiger partial charge in [0.15, 0.2) is 0 Å². The van der Waals surface area contributed by atoms with Crippen molar-refractivity contribution >= 4 is 23.2 Å². The molecule has 4 nitrogen and oxygen atoms in total. The van der Waals surface area contributed by atoms with Crippen LogP contribution >= 0.6 is 11.6 Å². The molecule has 0 atom stereocenters. The van der Waals surface area contributed by atoms with E-state index in [2.05, 4.69) is 5.32 Å². The van der Waals surface area contributed by atoms with E-state index >= 15 is 0 Å². The van der Waals surface area contributed by atoms with Gasteiger partial charge in [0.05, 0.1) is 0 Å². The van der Waals surface area contributed by atoms with Gasteiger partial charge in [-0.05, 0) is 43.2 Å². The molecule has 0 saturated carbocycles. The molecule has 0 aliphatic rings. The van der Waals surface area contributed by atoms with Crippen molar-refractivity contribution in [2.75, 3.05) is 0 Å². The van der Waals surface area contributed by atoms with E-state index in [9.17, 15) is 4.79 Å². The zero-order valence-electron chi connectivity index (χ0n) is 15.7. The second-order valence-electron chi connectivity index (χ2n) is 6.92. The molecule has 5 heteroatoms. The van der Waals surface area contributed by atoms with Gasteiger partial charge in [0.25, 0.3) is 5.91 Å². The number of benzene rings is 2. The molecule has 28 heavy (non-hydrogen) atoms. The highest BCUT2D eigenvalue weighted by Gasteiger charge is 2.20. The number of pyridine rings is 1. The molecule has 0 aliphatic carbocycles. The first-order chi connectivity index (χ1) is 13.5. The number of amides is 1. The average molecular weight is 390 g/mol. The van der Waals surface area contributed by atoms with Crippen molar-refractivity contribution in [3.05, 3.63) is 94.3 Å². The molecular weight excluding hydrogens is 370 g/mol. The number of nitrogens with zero attached hydrogens (tertiary/aromatic N) is 2. The SMILES string of the molecule is Cc1ccc(-c2nc3ccc(C)cn3c2C(=O)NCc2ccc(Cl)cc2)cc1. The minimum Gasteiger partial charge on any atom is -0.347 e. The second kappa shape index (κ2) is 7.49. The zero-order valence-corrected chi connectivity index (χ0v) is 16.5. The van der Waals surface area contributed by atoms with Gasteiger partial charge in [-0.25, -0.2) is 4.98 Å². The number of aryl methyl sites for hydroxylation is 2. The summed E-state index contributed by atoms with van der Waals surface area (Å²) in [5.74, 6) is -0.163. The Morgan fingerprint density at radius 3 is 2.36 bits per heavy atom. The van der Waals surface area contributed by atoms with Crippen LogP contribution in [0.1, 0.15) is 27.2 Å². The molecule has 0 unspecified atom stereocenters. The van der Waals surface area contributed by atoms with Crippen LogP contribution in [0.3, 0.4) is 0 Å². The molecule has 4 rings (SSSR count). The van der Waals surface area contributed by atoms with Gasteiger partial charge in [0, 0.05) is 23.3 Å². The number of imidazole rings is 1. The lowest BCUT2D eigenvalue weighted by atomic mass is 10.1. The molecule has 0 fully saturated rings. The smallest absolute Gasteiger partial charge is 0.270 e. The Bertz CT molecular complexity index is 1150. The van der Waals surface area contributed by atoms with Crippen molar-refractivity contribution in [1.29, 1.82) is 0 Å². The largest absolute Gasteiger partial charge is 0.347 e. The number of carbonyl (C=O) groups excluding carboxylic acids is 1. The van der Waals surface area contributed by atoms with Gasteiger partial charge >= 0.3 is 0 Å². The summed E-state index contributed by atoms with van der Waals surface area (Å²) in [6.07, 6.45) is 1.94. The minimum atomic E-state index is -0.163. The van der Waals surface area contributed by atoms with Crippen LogP contribution < -0.4 is 5.32 Å². The Morgan fingerprint density at radius 2 is 1.64 bits per heavy atom. The third-order valence-corrected chi connectivity index (χ3v) is 4.92. The maximum atomic E-state index is 13.1. The first-order valence-corrected chi connectivity index (χ1v) is 9.47. The van der Waals surface area contributed by atoms with Crippen molar-refractivity contribution in [2.24, 2.45) is 0 Å². The topological polar surface area (TPSA) is 46.4 Å². The van der Waals surface area contributed by atoms with E-state index in [1.165, 1.54) is 0 Å². The highest BCUT2D eigenvalue weighted by molar-refractivity contribution is 6.30. The number of carbonyl (C=O) groups is 1. The van der Waals surface area contributed by atoms with Crippen LogP contribution in [0.4, 0.5) is 0 Å². The van der Waals surface area contributed by atoms with Crippen LogP contribution in [0.15, 0.2) is 66.9 Å². The van der Waals surface area contributed by atoms with Crippen molar-refractivity contribution < 1.29 is 4.79 Å². The van der Waals surface area contributed by atoms with Crippen molar-refractivity contribution in [1.82, 2.24) is 14.7 Å². The molecule has 0 radical (unpaired) electrons. The van der Waals surface area contributed by atoms with Gasteiger partial charge in [0.1, 0.15) is 17.0 Å². The summed E-state index contributed by atoms with van der Waals surface area (Å²) >= 11 is 5.94. The Labute approximate surface area is 168 Å². The maximum absolute atomic E-state index is 13.1. The lowest BCUT2D eigenvalue weighted by Gasteiger charge is -2.08. The molecule has 140 valence electrons. The van der Waals surface area contributed by atoms with Crippen LogP contribution in [0.5, 0.6) is 0 Å². The zero-order chi connectivity index (χ0) is 19.7. The monoisotopic (exact) mass is 389 g/mol.